The van der Waals surface area contributed by atoms with Crippen molar-refractivity contribution in [3.8, 4) is 5.75 Å². The molecule has 3 N–H and O–H groups in total. The van der Waals surface area contributed by atoms with Crippen LogP contribution in [0.4, 0.5) is 4.39 Å². The zero-order chi connectivity index (χ0) is 14.6. The van der Waals surface area contributed by atoms with Crippen LogP contribution in [0.25, 0.3) is 0 Å². The molecule has 2 unspecified atom stereocenters. The Morgan fingerprint density at radius 3 is 2.47 bits per heavy atom. The van der Waals surface area contributed by atoms with Gasteiger partial charge in [0.2, 0.25) is 0 Å². The average molecular weight is 269 g/mol. The van der Waals surface area contributed by atoms with Gasteiger partial charge in [0.05, 0.1) is 0 Å². The molecule has 3 nitrogen and oxygen atoms in total. The van der Waals surface area contributed by atoms with Crippen LogP contribution in [0.3, 0.4) is 0 Å². The Bertz CT molecular complexity index is 415. The molecule has 0 saturated carbocycles. The third kappa shape index (κ3) is 4.48. The molecule has 1 aromatic rings. The summed E-state index contributed by atoms with van der Waals surface area (Å²) in [4.78, 5) is 0. The van der Waals surface area contributed by atoms with Crippen LogP contribution in [-0.2, 0) is 0 Å². The third-order valence-corrected chi connectivity index (χ3v) is 3.37. The van der Waals surface area contributed by atoms with Gasteiger partial charge < -0.3 is 15.5 Å². The van der Waals surface area contributed by atoms with Crippen molar-refractivity contribution in [3.05, 3.63) is 29.6 Å². The van der Waals surface area contributed by atoms with Crippen molar-refractivity contribution >= 4 is 0 Å². The zero-order valence-corrected chi connectivity index (χ0v) is 12.1. The molecular formula is C15H24FNO2. The zero-order valence-electron chi connectivity index (χ0n) is 12.1. The maximum atomic E-state index is 13.2. The molecule has 0 saturated heterocycles. The molecule has 0 amide bonds. The van der Waals surface area contributed by atoms with E-state index in [4.69, 9.17) is 5.11 Å². The topological polar surface area (TPSA) is 52.5 Å². The largest absolute Gasteiger partial charge is 0.508 e. The minimum Gasteiger partial charge on any atom is -0.508 e. The standard InChI is InChI=1S/C15H24FNO2/c1-10(12-9-11(16)5-6-13(12)19)17-14(7-8-18)15(2,3)4/h5-6,9-10,14,17-19H,7-8H2,1-4H3. The van der Waals surface area contributed by atoms with E-state index in [1.54, 1.807) is 0 Å². The average Bonchev–Trinajstić information content (AvgIpc) is 2.30. The number of aliphatic hydroxyl groups excluding tert-OH is 1. The fourth-order valence-electron chi connectivity index (χ4n) is 2.16. The van der Waals surface area contributed by atoms with E-state index in [1.807, 2.05) is 6.92 Å². The van der Waals surface area contributed by atoms with Crippen LogP contribution in [0.5, 0.6) is 5.75 Å². The molecule has 0 radical (unpaired) electrons. The molecular weight excluding hydrogens is 245 g/mol. The molecule has 0 fully saturated rings. The van der Waals surface area contributed by atoms with Crippen LogP contribution in [0.15, 0.2) is 18.2 Å². The fourth-order valence-corrected chi connectivity index (χ4v) is 2.16. The molecule has 19 heavy (non-hydrogen) atoms. The summed E-state index contributed by atoms with van der Waals surface area (Å²) in [5.74, 6) is -0.283. The van der Waals surface area contributed by atoms with E-state index in [9.17, 15) is 9.50 Å². The van der Waals surface area contributed by atoms with E-state index < -0.39 is 0 Å². The summed E-state index contributed by atoms with van der Waals surface area (Å²) < 4.78 is 13.2. The second kappa shape index (κ2) is 6.35. The number of halogens is 1. The highest BCUT2D eigenvalue weighted by molar-refractivity contribution is 5.34. The lowest BCUT2D eigenvalue weighted by atomic mass is 9.84. The van der Waals surface area contributed by atoms with E-state index in [1.165, 1.54) is 18.2 Å². The lowest BCUT2D eigenvalue weighted by Gasteiger charge is -2.34. The maximum absolute atomic E-state index is 13.2. The van der Waals surface area contributed by atoms with E-state index in [0.29, 0.717) is 12.0 Å². The molecule has 1 rings (SSSR count). The van der Waals surface area contributed by atoms with Crippen molar-refractivity contribution in [1.29, 1.82) is 0 Å². The summed E-state index contributed by atoms with van der Waals surface area (Å²) in [6, 6.07) is 3.83. The minimum absolute atomic E-state index is 0.0278. The van der Waals surface area contributed by atoms with Crippen LogP contribution < -0.4 is 5.32 Å². The van der Waals surface area contributed by atoms with Gasteiger partial charge in [-0.2, -0.15) is 0 Å². The van der Waals surface area contributed by atoms with Crippen molar-refractivity contribution in [2.45, 2.75) is 46.2 Å². The molecule has 108 valence electrons. The quantitative estimate of drug-likeness (QED) is 0.770. The van der Waals surface area contributed by atoms with Gasteiger partial charge in [-0.25, -0.2) is 4.39 Å². The van der Waals surface area contributed by atoms with Crippen LogP contribution >= 0.6 is 0 Å². The molecule has 0 aliphatic carbocycles. The normalized spacial score (nSPS) is 15.3. The van der Waals surface area contributed by atoms with Gasteiger partial charge in [0, 0.05) is 24.3 Å². The van der Waals surface area contributed by atoms with Gasteiger partial charge in [0.25, 0.3) is 0 Å². The highest BCUT2D eigenvalue weighted by Gasteiger charge is 2.26. The van der Waals surface area contributed by atoms with Gasteiger partial charge in [0.1, 0.15) is 11.6 Å². The summed E-state index contributed by atoms with van der Waals surface area (Å²) >= 11 is 0. The van der Waals surface area contributed by atoms with Gasteiger partial charge in [-0.1, -0.05) is 20.8 Å². The smallest absolute Gasteiger partial charge is 0.123 e. The Kier molecular flexibility index (Phi) is 5.32. The second-order valence-electron chi connectivity index (χ2n) is 6.02. The molecule has 2 atom stereocenters. The van der Waals surface area contributed by atoms with Gasteiger partial charge in [0.15, 0.2) is 0 Å². The van der Waals surface area contributed by atoms with Gasteiger partial charge in [-0.3, -0.25) is 0 Å². The molecule has 0 aromatic heterocycles. The minimum atomic E-state index is -0.365. The second-order valence-corrected chi connectivity index (χ2v) is 6.02. The highest BCUT2D eigenvalue weighted by Crippen LogP contribution is 2.29. The number of nitrogens with one attached hydrogen (secondary N) is 1. The lowest BCUT2D eigenvalue weighted by Crippen LogP contribution is -2.42. The Morgan fingerprint density at radius 1 is 1.32 bits per heavy atom. The van der Waals surface area contributed by atoms with Gasteiger partial charge >= 0.3 is 0 Å². The summed E-state index contributed by atoms with van der Waals surface area (Å²) in [6.45, 7) is 8.22. The number of aromatic hydroxyl groups is 1. The van der Waals surface area contributed by atoms with E-state index in [0.717, 1.165) is 0 Å². The first-order valence-corrected chi connectivity index (χ1v) is 6.61. The van der Waals surface area contributed by atoms with Gasteiger partial charge in [-0.15, -0.1) is 0 Å². The molecule has 4 heteroatoms. The summed E-state index contributed by atoms with van der Waals surface area (Å²) in [5.41, 5.74) is 0.507. The monoisotopic (exact) mass is 269 g/mol. The van der Waals surface area contributed by atoms with Crippen molar-refractivity contribution in [1.82, 2.24) is 5.32 Å². The molecule has 0 heterocycles. The molecule has 0 aliphatic rings. The third-order valence-electron chi connectivity index (χ3n) is 3.37. The number of phenols is 1. The van der Waals surface area contributed by atoms with Gasteiger partial charge in [-0.05, 0) is 37.0 Å². The van der Waals surface area contributed by atoms with E-state index in [2.05, 4.69) is 26.1 Å². The fraction of sp³-hybridized carbons (Fsp3) is 0.600. The molecule has 1 aromatic carbocycles. The van der Waals surface area contributed by atoms with Crippen LogP contribution in [-0.4, -0.2) is 22.9 Å². The first kappa shape index (κ1) is 15.9. The van der Waals surface area contributed by atoms with Crippen molar-refractivity contribution in [2.75, 3.05) is 6.61 Å². The van der Waals surface area contributed by atoms with Crippen molar-refractivity contribution in [2.24, 2.45) is 5.41 Å². The molecule has 0 bridgehead atoms. The summed E-state index contributed by atoms with van der Waals surface area (Å²) in [6.07, 6.45) is 0.615. The van der Waals surface area contributed by atoms with Crippen LogP contribution in [0, 0.1) is 11.2 Å². The number of benzene rings is 1. The summed E-state index contributed by atoms with van der Waals surface area (Å²) in [5, 5.41) is 22.3. The van der Waals surface area contributed by atoms with Crippen LogP contribution in [0.2, 0.25) is 0 Å². The first-order valence-electron chi connectivity index (χ1n) is 6.61. The number of hydrogen-bond acceptors (Lipinski definition) is 3. The Morgan fingerprint density at radius 2 is 1.95 bits per heavy atom. The SMILES string of the molecule is CC(NC(CCO)C(C)(C)C)c1cc(F)ccc1O. The number of rotatable bonds is 5. The Balaban J connectivity index is 2.87. The first-order chi connectivity index (χ1) is 8.75. The summed E-state index contributed by atoms with van der Waals surface area (Å²) in [7, 11) is 0. The predicted octanol–water partition coefficient (Wildman–Crippen LogP) is 2.98. The number of aliphatic hydroxyl groups is 1. The Labute approximate surface area is 114 Å². The lowest BCUT2D eigenvalue weighted by molar-refractivity contribution is 0.187. The van der Waals surface area contributed by atoms with E-state index >= 15 is 0 Å². The number of phenolic OH excluding ortho intramolecular Hbond substituents is 1. The van der Waals surface area contributed by atoms with Crippen LogP contribution in [0.1, 0.15) is 45.7 Å². The van der Waals surface area contributed by atoms with Crippen molar-refractivity contribution in [3.63, 3.8) is 0 Å². The van der Waals surface area contributed by atoms with E-state index in [-0.39, 0.29) is 35.7 Å². The highest BCUT2D eigenvalue weighted by atomic mass is 19.1. The molecule has 0 spiro atoms. The number of hydrogen-bond donors (Lipinski definition) is 3. The maximum Gasteiger partial charge on any atom is 0.123 e. The predicted molar refractivity (Wildman–Crippen MR) is 74.6 cm³/mol. The molecule has 0 aliphatic heterocycles. The van der Waals surface area contributed by atoms with Crippen molar-refractivity contribution < 1.29 is 14.6 Å². The Hall–Kier alpha value is -1.13.